The fraction of sp³-hybridized carbons (Fsp3) is 0.409. The summed E-state index contributed by atoms with van der Waals surface area (Å²) in [7, 11) is -2.02. The third-order valence-corrected chi connectivity index (χ3v) is 6.92. The first-order chi connectivity index (χ1) is 13.8. The molecule has 0 aromatic heterocycles. The first-order valence-corrected chi connectivity index (χ1v) is 11.3. The smallest absolute Gasteiger partial charge is 0.240 e. The van der Waals surface area contributed by atoms with Crippen LogP contribution in [-0.4, -0.2) is 39.4 Å². The Kier molecular flexibility index (Phi) is 6.59. The van der Waals surface area contributed by atoms with E-state index in [9.17, 15) is 13.2 Å². The number of carbonyl (C=O) groups excluding carboxylic acids is 1. The van der Waals surface area contributed by atoms with Crippen molar-refractivity contribution in [2.45, 2.75) is 44.0 Å². The number of sulfonamides is 1. The molecule has 156 valence electrons. The minimum Gasteiger partial charge on any atom is -0.497 e. The number of nitrogens with zero attached hydrogens (tertiary/aromatic N) is 1. The average molecular weight is 417 g/mol. The number of aryl methyl sites for hydroxylation is 2. The highest BCUT2D eigenvalue weighted by atomic mass is 32.2. The summed E-state index contributed by atoms with van der Waals surface area (Å²) < 4.78 is 33.0. The van der Waals surface area contributed by atoms with E-state index in [4.69, 9.17) is 4.74 Å². The molecule has 0 bridgehead atoms. The van der Waals surface area contributed by atoms with Crippen molar-refractivity contribution in [3.8, 4) is 5.75 Å². The Morgan fingerprint density at radius 3 is 2.72 bits per heavy atom. The van der Waals surface area contributed by atoms with Crippen molar-refractivity contribution < 1.29 is 17.9 Å². The summed E-state index contributed by atoms with van der Waals surface area (Å²) in [6, 6.07) is 13.0. The number of nitrogens with one attached hydrogen (secondary N) is 1. The van der Waals surface area contributed by atoms with Crippen LogP contribution in [0.25, 0.3) is 0 Å². The topological polar surface area (TPSA) is 75.7 Å². The zero-order chi connectivity index (χ0) is 21.0. The second-order valence-electron chi connectivity index (χ2n) is 7.44. The molecule has 1 aliphatic heterocycles. The van der Waals surface area contributed by atoms with Crippen molar-refractivity contribution in [2.75, 3.05) is 20.2 Å². The van der Waals surface area contributed by atoms with Crippen molar-refractivity contribution in [3.05, 3.63) is 59.2 Å². The predicted molar refractivity (Wildman–Crippen MR) is 112 cm³/mol. The molecule has 7 heteroatoms. The molecule has 1 fully saturated rings. The van der Waals surface area contributed by atoms with Gasteiger partial charge in [0.1, 0.15) is 5.75 Å². The van der Waals surface area contributed by atoms with Gasteiger partial charge in [0, 0.05) is 19.5 Å². The molecule has 3 rings (SSSR count). The average Bonchev–Trinajstić information content (AvgIpc) is 3.17. The monoisotopic (exact) mass is 416 g/mol. The Hall–Kier alpha value is -2.38. The number of hydrogen-bond acceptors (Lipinski definition) is 4. The molecule has 0 aliphatic carbocycles. The van der Waals surface area contributed by atoms with Crippen molar-refractivity contribution in [1.29, 1.82) is 0 Å². The third kappa shape index (κ3) is 4.97. The number of benzene rings is 2. The lowest BCUT2D eigenvalue weighted by molar-refractivity contribution is -0.131. The Bertz CT molecular complexity index is 988. The van der Waals surface area contributed by atoms with Gasteiger partial charge in [-0.15, -0.1) is 0 Å². The van der Waals surface area contributed by atoms with Gasteiger partial charge in [-0.3, -0.25) is 4.79 Å². The first kappa shape index (κ1) is 21.3. The second-order valence-corrected chi connectivity index (χ2v) is 9.17. The maximum absolute atomic E-state index is 12.8. The first-order valence-electron chi connectivity index (χ1n) is 9.82. The molecule has 29 heavy (non-hydrogen) atoms. The van der Waals surface area contributed by atoms with Gasteiger partial charge < -0.3 is 9.64 Å². The number of amides is 1. The number of ether oxygens (including phenoxy) is 1. The SMILES string of the molecule is COc1cccc(C2CCCN2C(=O)CCNS(=O)(=O)c2ccc(C)cc2C)c1. The summed E-state index contributed by atoms with van der Waals surface area (Å²) >= 11 is 0. The highest BCUT2D eigenvalue weighted by Gasteiger charge is 2.30. The molecule has 1 atom stereocenters. The molecule has 0 spiro atoms. The van der Waals surface area contributed by atoms with Gasteiger partial charge in [0.05, 0.1) is 18.0 Å². The van der Waals surface area contributed by atoms with Gasteiger partial charge >= 0.3 is 0 Å². The van der Waals surface area contributed by atoms with Crippen LogP contribution in [0.15, 0.2) is 47.4 Å². The lowest BCUT2D eigenvalue weighted by Gasteiger charge is -2.25. The molecule has 1 N–H and O–H groups in total. The van der Waals surface area contributed by atoms with Crippen LogP contribution in [0.2, 0.25) is 0 Å². The van der Waals surface area contributed by atoms with E-state index in [0.717, 1.165) is 29.7 Å². The zero-order valence-electron chi connectivity index (χ0n) is 17.1. The Balaban J connectivity index is 1.62. The fourth-order valence-electron chi connectivity index (χ4n) is 3.88. The zero-order valence-corrected chi connectivity index (χ0v) is 18.0. The number of rotatable bonds is 7. The predicted octanol–water partition coefficient (Wildman–Crippen LogP) is 3.34. The van der Waals surface area contributed by atoms with Crippen LogP contribution in [0.5, 0.6) is 5.75 Å². The van der Waals surface area contributed by atoms with E-state index in [-0.39, 0.29) is 29.8 Å². The fourth-order valence-corrected chi connectivity index (χ4v) is 5.13. The van der Waals surface area contributed by atoms with Crippen LogP contribution in [0.4, 0.5) is 0 Å². The molecular weight excluding hydrogens is 388 g/mol. The molecule has 1 amide bonds. The molecule has 6 nitrogen and oxygen atoms in total. The highest BCUT2D eigenvalue weighted by Crippen LogP contribution is 2.33. The molecule has 0 saturated carbocycles. The maximum Gasteiger partial charge on any atom is 0.240 e. The number of carbonyl (C=O) groups is 1. The van der Waals surface area contributed by atoms with Gasteiger partial charge in [0.15, 0.2) is 0 Å². The number of methoxy groups -OCH3 is 1. The van der Waals surface area contributed by atoms with Crippen LogP contribution in [0.3, 0.4) is 0 Å². The Labute approximate surface area is 172 Å². The largest absolute Gasteiger partial charge is 0.497 e. The van der Waals surface area contributed by atoms with E-state index in [0.29, 0.717) is 12.1 Å². The van der Waals surface area contributed by atoms with Gasteiger partial charge in [-0.25, -0.2) is 13.1 Å². The molecule has 1 aliphatic rings. The van der Waals surface area contributed by atoms with Gasteiger partial charge in [0.2, 0.25) is 15.9 Å². The van der Waals surface area contributed by atoms with E-state index in [1.807, 2.05) is 42.2 Å². The summed E-state index contributed by atoms with van der Waals surface area (Å²) in [6.07, 6.45) is 1.96. The molecule has 0 radical (unpaired) electrons. The molecule has 1 unspecified atom stereocenters. The molecule has 1 heterocycles. The van der Waals surface area contributed by atoms with Crippen LogP contribution < -0.4 is 9.46 Å². The number of likely N-dealkylation sites (tertiary alicyclic amines) is 1. The quantitative estimate of drug-likeness (QED) is 0.751. The van der Waals surface area contributed by atoms with Crippen molar-refractivity contribution >= 4 is 15.9 Å². The minimum absolute atomic E-state index is 0.00792. The van der Waals surface area contributed by atoms with E-state index >= 15 is 0 Å². The summed E-state index contributed by atoms with van der Waals surface area (Å²) in [5.41, 5.74) is 2.75. The maximum atomic E-state index is 12.8. The Morgan fingerprint density at radius 1 is 1.21 bits per heavy atom. The Morgan fingerprint density at radius 2 is 2.00 bits per heavy atom. The van der Waals surface area contributed by atoms with Crippen molar-refractivity contribution in [3.63, 3.8) is 0 Å². The van der Waals surface area contributed by atoms with Gasteiger partial charge in [-0.05, 0) is 56.0 Å². The summed E-state index contributed by atoms with van der Waals surface area (Å²) in [5.74, 6) is 0.724. The summed E-state index contributed by atoms with van der Waals surface area (Å²) in [4.78, 5) is 14.9. The van der Waals surface area contributed by atoms with E-state index < -0.39 is 10.0 Å². The normalized spacial score (nSPS) is 16.8. The van der Waals surface area contributed by atoms with Crippen LogP contribution in [0, 0.1) is 13.8 Å². The lowest BCUT2D eigenvalue weighted by atomic mass is 10.0. The molecule has 2 aromatic rings. The summed E-state index contributed by atoms with van der Waals surface area (Å²) in [5, 5.41) is 0. The van der Waals surface area contributed by atoms with E-state index in [2.05, 4.69) is 4.72 Å². The molecular formula is C22H28N2O4S. The van der Waals surface area contributed by atoms with Gasteiger partial charge in [0.25, 0.3) is 0 Å². The minimum atomic E-state index is -3.64. The standard InChI is InChI=1S/C22H28N2O4S/c1-16-9-10-21(17(2)14-16)29(26,27)23-12-11-22(25)24-13-5-8-20(24)18-6-4-7-19(15-18)28-3/h4,6-7,9-10,14-15,20,23H,5,8,11-13H2,1-3H3. The third-order valence-electron chi connectivity index (χ3n) is 5.30. The molecule has 2 aromatic carbocycles. The van der Waals surface area contributed by atoms with E-state index in [1.54, 1.807) is 26.2 Å². The van der Waals surface area contributed by atoms with Crippen molar-refractivity contribution in [1.82, 2.24) is 9.62 Å². The highest BCUT2D eigenvalue weighted by molar-refractivity contribution is 7.89. The van der Waals surface area contributed by atoms with Gasteiger partial charge in [-0.1, -0.05) is 29.8 Å². The van der Waals surface area contributed by atoms with Crippen molar-refractivity contribution in [2.24, 2.45) is 0 Å². The number of hydrogen-bond donors (Lipinski definition) is 1. The van der Waals surface area contributed by atoms with Gasteiger partial charge in [-0.2, -0.15) is 0 Å². The molecule has 1 saturated heterocycles. The van der Waals surface area contributed by atoms with Crippen LogP contribution >= 0.6 is 0 Å². The van der Waals surface area contributed by atoms with Crippen LogP contribution in [-0.2, 0) is 14.8 Å². The summed E-state index contributed by atoms with van der Waals surface area (Å²) in [6.45, 7) is 4.46. The lowest BCUT2D eigenvalue weighted by Crippen LogP contribution is -2.34. The second kappa shape index (κ2) is 8.97. The van der Waals surface area contributed by atoms with E-state index in [1.165, 1.54) is 0 Å². The van der Waals surface area contributed by atoms with Crippen LogP contribution in [0.1, 0.15) is 42.0 Å².